The summed E-state index contributed by atoms with van der Waals surface area (Å²) in [6, 6.07) is 49.9. The van der Waals surface area contributed by atoms with Crippen LogP contribution in [0.4, 0.5) is 0 Å². The lowest BCUT2D eigenvalue weighted by atomic mass is 9.87. The van der Waals surface area contributed by atoms with E-state index >= 15 is 0 Å². The van der Waals surface area contributed by atoms with Gasteiger partial charge in [0.05, 0.1) is 32.1 Å². The number of aromatic nitrogens is 6. The lowest BCUT2D eigenvalue weighted by Crippen LogP contribution is -2.66. The predicted octanol–water partition coefficient (Wildman–Crippen LogP) is 13.8. The second-order valence-electron chi connectivity index (χ2n) is 23.9. The van der Waals surface area contributed by atoms with Gasteiger partial charge in [-0.15, -0.1) is 0 Å². The lowest BCUT2D eigenvalue weighted by molar-refractivity contribution is -0.148. The molecule has 11 heteroatoms. The van der Waals surface area contributed by atoms with Gasteiger partial charge in [-0.1, -0.05) is 97.1 Å². The van der Waals surface area contributed by atoms with Crippen molar-refractivity contribution in [2.45, 2.75) is 114 Å². The summed E-state index contributed by atoms with van der Waals surface area (Å²) >= 11 is 0. The van der Waals surface area contributed by atoms with Crippen LogP contribution in [0.3, 0.4) is 0 Å². The molecule has 6 aliphatic rings. The molecule has 0 saturated carbocycles. The van der Waals surface area contributed by atoms with E-state index in [0.717, 1.165) is 107 Å². The summed E-state index contributed by atoms with van der Waals surface area (Å²) in [4.78, 5) is 30.9. The number of benzene rings is 4. The van der Waals surface area contributed by atoms with Gasteiger partial charge in [0.2, 0.25) is 0 Å². The van der Waals surface area contributed by atoms with E-state index in [1.807, 2.05) is 43.8 Å². The van der Waals surface area contributed by atoms with E-state index in [9.17, 15) is 5.26 Å². The third-order valence-electron chi connectivity index (χ3n) is 19.2. The van der Waals surface area contributed by atoms with Crippen molar-refractivity contribution in [3.05, 3.63) is 192 Å². The highest BCUT2D eigenvalue weighted by Crippen LogP contribution is 2.41. The predicted molar refractivity (Wildman–Crippen MR) is 325 cm³/mol. The molecule has 10 heterocycles. The Morgan fingerprint density at radius 2 is 0.939 bits per heavy atom. The van der Waals surface area contributed by atoms with Crippen molar-refractivity contribution in [3.63, 3.8) is 0 Å². The van der Waals surface area contributed by atoms with E-state index in [0.29, 0.717) is 41.9 Å². The molecule has 6 atom stereocenters. The van der Waals surface area contributed by atoms with Crippen LogP contribution in [0.15, 0.2) is 152 Å². The summed E-state index contributed by atoms with van der Waals surface area (Å²) in [6.07, 6.45) is 22.2. The molecule has 4 aliphatic heterocycles. The number of fused-ring (bicyclic) bond motifs is 8. The molecule has 6 unspecified atom stereocenters. The summed E-state index contributed by atoms with van der Waals surface area (Å²) in [5.74, 6) is 0. The molecule has 16 rings (SSSR count). The van der Waals surface area contributed by atoms with Gasteiger partial charge in [-0.2, -0.15) is 5.26 Å². The second-order valence-corrected chi connectivity index (χ2v) is 23.9. The number of ether oxygens (including phenoxy) is 2. The first-order valence-corrected chi connectivity index (χ1v) is 29.8. The van der Waals surface area contributed by atoms with Gasteiger partial charge in [-0.05, 0) is 158 Å². The molecule has 4 saturated heterocycles. The van der Waals surface area contributed by atoms with Gasteiger partial charge >= 0.3 is 0 Å². The van der Waals surface area contributed by atoms with Crippen molar-refractivity contribution in [1.29, 1.82) is 5.26 Å². The zero-order valence-electron chi connectivity index (χ0n) is 46.7. The van der Waals surface area contributed by atoms with Gasteiger partial charge in [0.15, 0.2) is 0 Å². The Morgan fingerprint density at radius 3 is 1.41 bits per heavy atom. The summed E-state index contributed by atoms with van der Waals surface area (Å²) < 4.78 is 11.5. The summed E-state index contributed by atoms with van der Waals surface area (Å²) in [7, 11) is 0. The van der Waals surface area contributed by atoms with E-state index in [-0.39, 0.29) is 0 Å². The fourth-order valence-corrected chi connectivity index (χ4v) is 14.8. The van der Waals surface area contributed by atoms with Gasteiger partial charge in [0.25, 0.3) is 0 Å². The Morgan fingerprint density at radius 1 is 0.476 bits per heavy atom. The molecule has 10 aromatic rings. The Kier molecular flexibility index (Phi) is 13.2. The van der Waals surface area contributed by atoms with Crippen LogP contribution in [-0.2, 0) is 35.2 Å². The number of aryl methyl sites for hydroxylation is 6. The topological polar surface area (TPSA) is 132 Å². The number of aromatic amines is 2. The minimum absolute atomic E-state index is 0.432. The van der Waals surface area contributed by atoms with Crippen LogP contribution in [0.5, 0.6) is 0 Å². The molecule has 11 nitrogen and oxygen atoms in total. The molecule has 82 heavy (non-hydrogen) atoms. The molecular weight excluding hydrogens is 1010 g/mol. The van der Waals surface area contributed by atoms with Crippen LogP contribution in [0.2, 0.25) is 0 Å². The van der Waals surface area contributed by atoms with Crippen LogP contribution in [0.1, 0.15) is 77.7 Å². The molecule has 4 aromatic carbocycles. The van der Waals surface area contributed by atoms with Crippen molar-refractivity contribution in [3.8, 4) is 73.0 Å². The maximum Gasteiger partial charge on any atom is 0.141 e. The number of nitrogens with one attached hydrogen (secondary N) is 2. The van der Waals surface area contributed by atoms with Crippen LogP contribution < -0.4 is 0 Å². The average molecular weight is 1080 g/mol. The number of morpholine rings is 2. The average Bonchev–Trinajstić information content (AvgIpc) is 4.05. The fraction of sp³-hybridized carbons (Fsp3) is 0.310. The molecule has 0 radical (unpaired) electrons. The highest BCUT2D eigenvalue weighted by atomic mass is 16.5. The van der Waals surface area contributed by atoms with Crippen LogP contribution in [0, 0.1) is 25.2 Å². The van der Waals surface area contributed by atoms with E-state index in [1.165, 1.54) is 106 Å². The van der Waals surface area contributed by atoms with E-state index in [4.69, 9.17) is 19.4 Å². The zero-order valence-corrected chi connectivity index (χ0v) is 46.7. The van der Waals surface area contributed by atoms with Crippen LogP contribution in [0.25, 0.3) is 89.0 Å². The normalized spacial score (nSPS) is 22.1. The highest BCUT2D eigenvalue weighted by molar-refractivity contribution is 5.97. The number of hydrogen-bond donors (Lipinski definition) is 2. The number of pyridine rings is 4. The van der Waals surface area contributed by atoms with Gasteiger partial charge in [0.1, 0.15) is 23.1 Å². The third-order valence-corrected chi connectivity index (χ3v) is 19.2. The fourth-order valence-electron chi connectivity index (χ4n) is 14.8. The second kappa shape index (κ2) is 21.3. The SMILES string of the molecule is Cc1ccc(C#N)nc1-c1ccc(-c2c[nH]c3ncc(-c4ccc5c(c4)CCC(N4C6COCC4C6)CC5)cc23)cc1.Cc1ncccc1-c1ccc(-c2c[nH]c3ncc(-c4ccc5c(c4)CCC(N4C6COCC4C6)CC5)cc23)cc1. The molecule has 408 valence electrons. The molecular formula is C71H67N9O2. The lowest BCUT2D eigenvalue weighted by Gasteiger charge is -2.56. The Balaban J connectivity index is 0.000000141. The smallest absolute Gasteiger partial charge is 0.141 e. The Bertz CT molecular complexity index is 4050. The minimum Gasteiger partial charge on any atom is -0.378 e. The monoisotopic (exact) mass is 1080 g/mol. The maximum atomic E-state index is 9.29. The van der Waals surface area contributed by atoms with Gasteiger partial charge in [-0.3, -0.25) is 14.8 Å². The first-order chi connectivity index (χ1) is 40.3. The van der Waals surface area contributed by atoms with E-state index < -0.39 is 0 Å². The largest absolute Gasteiger partial charge is 0.378 e. The minimum atomic E-state index is 0.432. The first-order valence-electron chi connectivity index (χ1n) is 29.8. The first kappa shape index (κ1) is 50.8. The van der Waals surface area contributed by atoms with Crippen LogP contribution in [-0.4, -0.2) is 102 Å². The number of rotatable bonds is 8. The summed E-state index contributed by atoms with van der Waals surface area (Å²) in [5.41, 5.74) is 24.0. The van der Waals surface area contributed by atoms with Crippen molar-refractivity contribution in [1.82, 2.24) is 39.7 Å². The molecule has 0 spiro atoms. The van der Waals surface area contributed by atoms with E-state index in [1.54, 1.807) is 6.07 Å². The summed E-state index contributed by atoms with van der Waals surface area (Å²) in [5, 5.41) is 11.6. The van der Waals surface area contributed by atoms with Gasteiger partial charge in [-0.25, -0.2) is 15.0 Å². The van der Waals surface area contributed by atoms with Crippen molar-refractivity contribution in [2.75, 3.05) is 26.4 Å². The standard InChI is InChI=1S/C36H33N5O.C35H34N4O/c1-22-2-11-29(17-37)40-35(22)25-6-4-24(5-7-25)34-19-39-36-33(34)15-28(18-38-36)27-8-3-23-9-12-30(13-10-26(23)14-27)41-31-16-32(41)21-42-20-31;1-22-32(3-2-14-36-22)24-5-7-25(8-6-24)34-19-38-35-33(34)16-28(18-37-35)27-9-4-23-10-12-29(13-11-26(23)15-27)39-30-17-31(39)21-40-20-30/h2-8,11,14-15,18-19,30-32H,9-10,12-13,16,20-21H2,1H3,(H,38,39);2-9,14-16,18-19,29-31H,10-13,17,20-21H2,1H3,(H,37,38). The van der Waals surface area contributed by atoms with Crippen molar-refractivity contribution < 1.29 is 9.47 Å². The molecule has 0 amide bonds. The summed E-state index contributed by atoms with van der Waals surface area (Å²) in [6.45, 7) is 7.76. The van der Waals surface area contributed by atoms with E-state index in [2.05, 4.69) is 152 Å². The molecule has 2 N–H and O–H groups in total. The van der Waals surface area contributed by atoms with Crippen molar-refractivity contribution >= 4 is 22.1 Å². The third kappa shape index (κ3) is 9.41. The number of H-pyrrole nitrogens is 2. The molecule has 2 aliphatic carbocycles. The number of nitriles is 1. The number of nitrogens with zero attached hydrogens (tertiary/aromatic N) is 7. The maximum absolute atomic E-state index is 9.29. The van der Waals surface area contributed by atoms with Gasteiger partial charge in [0, 0.05) is 117 Å². The van der Waals surface area contributed by atoms with Gasteiger partial charge < -0.3 is 19.4 Å². The molecule has 6 aromatic heterocycles. The van der Waals surface area contributed by atoms with Crippen LogP contribution >= 0.6 is 0 Å². The highest BCUT2D eigenvalue weighted by Gasteiger charge is 2.47. The number of hydrogen-bond acceptors (Lipinski definition) is 9. The van der Waals surface area contributed by atoms with Crippen molar-refractivity contribution in [2.24, 2.45) is 0 Å². The quantitative estimate of drug-likeness (QED) is 0.143. The molecule has 4 fully saturated rings. The Hall–Kier alpha value is -8.11. The Labute approximate surface area is 479 Å². The molecule has 4 bridgehead atoms. The zero-order chi connectivity index (χ0) is 54.8.